The number of carbonyl (C=O) groups is 1. The molecule has 0 saturated carbocycles. The molecular weight excluding hydrogens is 362 g/mol. The molecule has 0 spiro atoms. The summed E-state index contributed by atoms with van der Waals surface area (Å²) < 4.78 is 25.8. The SMILES string of the molecule is Cc1ccc(NC(=O)Nc2ccc(C)c(S(=O)(=O)N(C)C)c2)cc1Cl. The maximum atomic E-state index is 12.3. The van der Waals surface area contributed by atoms with Gasteiger partial charge in [0, 0.05) is 30.5 Å². The Labute approximate surface area is 152 Å². The number of sulfonamides is 1. The second-order valence-electron chi connectivity index (χ2n) is 5.81. The third-order valence-corrected chi connectivity index (χ3v) is 6.00. The summed E-state index contributed by atoms with van der Waals surface area (Å²) >= 11 is 6.03. The molecule has 0 aliphatic carbocycles. The van der Waals surface area contributed by atoms with Crippen LogP contribution in [0, 0.1) is 13.8 Å². The lowest BCUT2D eigenvalue weighted by molar-refractivity contribution is 0.262. The average molecular weight is 382 g/mol. The lowest BCUT2D eigenvalue weighted by Crippen LogP contribution is -2.24. The van der Waals surface area contributed by atoms with Gasteiger partial charge in [0.05, 0.1) is 4.90 Å². The van der Waals surface area contributed by atoms with E-state index >= 15 is 0 Å². The minimum atomic E-state index is -3.59. The number of hydrogen-bond donors (Lipinski definition) is 2. The van der Waals surface area contributed by atoms with Crippen molar-refractivity contribution in [2.24, 2.45) is 0 Å². The van der Waals surface area contributed by atoms with Crippen molar-refractivity contribution in [3.05, 3.63) is 52.5 Å². The molecule has 0 bridgehead atoms. The normalized spacial score (nSPS) is 11.4. The van der Waals surface area contributed by atoms with Crippen molar-refractivity contribution in [1.82, 2.24) is 4.31 Å². The summed E-state index contributed by atoms with van der Waals surface area (Å²) in [5.74, 6) is 0. The average Bonchev–Trinajstić information content (AvgIpc) is 2.52. The summed E-state index contributed by atoms with van der Waals surface area (Å²) in [6.07, 6.45) is 0. The maximum Gasteiger partial charge on any atom is 0.323 e. The zero-order chi connectivity index (χ0) is 18.8. The number of halogens is 1. The monoisotopic (exact) mass is 381 g/mol. The van der Waals surface area contributed by atoms with Gasteiger partial charge in [-0.15, -0.1) is 0 Å². The first-order valence-electron chi connectivity index (χ1n) is 7.48. The summed E-state index contributed by atoms with van der Waals surface area (Å²) in [6, 6.07) is 9.42. The molecule has 2 rings (SSSR count). The molecule has 2 aromatic rings. The van der Waals surface area contributed by atoms with Crippen molar-refractivity contribution in [2.45, 2.75) is 18.7 Å². The smallest absolute Gasteiger partial charge is 0.308 e. The molecule has 0 radical (unpaired) electrons. The van der Waals surface area contributed by atoms with Crippen molar-refractivity contribution < 1.29 is 13.2 Å². The lowest BCUT2D eigenvalue weighted by atomic mass is 10.2. The number of nitrogens with zero attached hydrogens (tertiary/aromatic N) is 1. The van der Waals surface area contributed by atoms with Crippen LogP contribution in [0.15, 0.2) is 41.3 Å². The summed E-state index contributed by atoms with van der Waals surface area (Å²) in [5, 5.41) is 5.84. The first-order valence-corrected chi connectivity index (χ1v) is 9.30. The van der Waals surface area contributed by atoms with Crippen LogP contribution in [0.25, 0.3) is 0 Å². The van der Waals surface area contributed by atoms with Gasteiger partial charge in [0.2, 0.25) is 10.0 Å². The van der Waals surface area contributed by atoms with Gasteiger partial charge in [-0.2, -0.15) is 0 Å². The van der Waals surface area contributed by atoms with Gasteiger partial charge in [-0.05, 0) is 49.2 Å². The number of aryl methyl sites for hydroxylation is 2. The van der Waals surface area contributed by atoms with Gasteiger partial charge in [-0.1, -0.05) is 23.7 Å². The maximum absolute atomic E-state index is 12.3. The lowest BCUT2D eigenvalue weighted by Gasteiger charge is -2.15. The zero-order valence-electron chi connectivity index (χ0n) is 14.4. The van der Waals surface area contributed by atoms with Gasteiger partial charge >= 0.3 is 6.03 Å². The number of rotatable bonds is 4. The molecule has 0 aliphatic rings. The molecule has 0 heterocycles. The van der Waals surface area contributed by atoms with Crippen molar-refractivity contribution in [3.8, 4) is 0 Å². The van der Waals surface area contributed by atoms with Crippen LogP contribution in [0.3, 0.4) is 0 Å². The Bertz CT molecular complexity index is 911. The fraction of sp³-hybridized carbons (Fsp3) is 0.235. The Hall–Kier alpha value is -2.09. The quantitative estimate of drug-likeness (QED) is 0.844. The largest absolute Gasteiger partial charge is 0.323 e. The van der Waals surface area contributed by atoms with Crippen molar-refractivity contribution >= 4 is 39.0 Å². The first kappa shape index (κ1) is 19.2. The van der Waals surface area contributed by atoms with Gasteiger partial charge in [0.1, 0.15) is 0 Å². The van der Waals surface area contributed by atoms with E-state index in [1.54, 1.807) is 37.3 Å². The van der Waals surface area contributed by atoms with Gasteiger partial charge in [-0.3, -0.25) is 0 Å². The predicted octanol–water partition coefficient (Wildman–Crippen LogP) is 3.85. The molecule has 134 valence electrons. The van der Waals surface area contributed by atoms with E-state index in [-0.39, 0.29) is 4.90 Å². The van der Waals surface area contributed by atoms with E-state index in [0.29, 0.717) is 22.0 Å². The number of nitrogens with one attached hydrogen (secondary N) is 2. The number of urea groups is 1. The Morgan fingerprint density at radius 3 is 2.00 bits per heavy atom. The molecule has 0 aliphatic heterocycles. The van der Waals surface area contributed by atoms with Gasteiger partial charge in [0.15, 0.2) is 0 Å². The van der Waals surface area contributed by atoms with Crippen molar-refractivity contribution in [3.63, 3.8) is 0 Å². The molecule has 2 aromatic carbocycles. The molecule has 0 saturated heterocycles. The Balaban J connectivity index is 2.20. The molecular formula is C17H20ClN3O3S. The highest BCUT2D eigenvalue weighted by atomic mass is 35.5. The molecule has 0 atom stereocenters. The fourth-order valence-corrected chi connectivity index (χ4v) is 3.44. The number of amides is 2. The fourth-order valence-electron chi connectivity index (χ4n) is 2.12. The number of benzene rings is 2. The number of carbonyl (C=O) groups excluding carboxylic acids is 1. The summed E-state index contributed by atoms with van der Waals surface area (Å²) in [7, 11) is -0.669. The van der Waals surface area contributed by atoms with Crippen LogP contribution in [0.4, 0.5) is 16.2 Å². The molecule has 0 fully saturated rings. The van der Waals surface area contributed by atoms with Crippen LogP contribution >= 0.6 is 11.6 Å². The second-order valence-corrected chi connectivity index (χ2v) is 8.34. The van der Waals surface area contributed by atoms with Gasteiger partial charge < -0.3 is 10.6 Å². The molecule has 2 N–H and O–H groups in total. The van der Waals surface area contributed by atoms with E-state index in [9.17, 15) is 13.2 Å². The molecule has 2 amide bonds. The van der Waals surface area contributed by atoms with Gasteiger partial charge in [-0.25, -0.2) is 17.5 Å². The van der Waals surface area contributed by atoms with E-state index in [1.165, 1.54) is 20.2 Å². The van der Waals surface area contributed by atoms with Crippen molar-refractivity contribution in [2.75, 3.05) is 24.7 Å². The first-order chi connectivity index (χ1) is 11.6. The summed E-state index contributed by atoms with van der Waals surface area (Å²) in [6.45, 7) is 3.57. The van der Waals surface area contributed by atoms with Crippen molar-refractivity contribution in [1.29, 1.82) is 0 Å². The zero-order valence-corrected chi connectivity index (χ0v) is 16.0. The predicted molar refractivity (Wildman–Crippen MR) is 101 cm³/mol. The number of anilines is 2. The highest BCUT2D eigenvalue weighted by Gasteiger charge is 2.20. The molecule has 25 heavy (non-hydrogen) atoms. The third-order valence-electron chi connectivity index (χ3n) is 3.63. The van der Waals surface area contributed by atoms with E-state index < -0.39 is 16.1 Å². The van der Waals surface area contributed by atoms with E-state index in [2.05, 4.69) is 10.6 Å². The summed E-state index contributed by atoms with van der Waals surface area (Å²) in [5.41, 5.74) is 2.43. The molecule has 0 unspecified atom stereocenters. The second kappa shape index (κ2) is 7.43. The minimum Gasteiger partial charge on any atom is -0.308 e. The standard InChI is InChI=1S/C17H20ClN3O3S/c1-11-5-7-13(9-15(11)18)19-17(22)20-14-8-6-12(2)16(10-14)25(23,24)21(3)4/h5-10H,1-4H3,(H2,19,20,22). The molecule has 6 nitrogen and oxygen atoms in total. The summed E-state index contributed by atoms with van der Waals surface area (Å²) in [4.78, 5) is 12.3. The van der Waals surface area contributed by atoms with E-state index in [4.69, 9.17) is 11.6 Å². The van der Waals surface area contributed by atoms with Crippen LogP contribution in [-0.4, -0.2) is 32.8 Å². The van der Waals surface area contributed by atoms with Crippen LogP contribution in [0.2, 0.25) is 5.02 Å². The van der Waals surface area contributed by atoms with Crippen LogP contribution in [0.5, 0.6) is 0 Å². The minimum absolute atomic E-state index is 0.147. The number of hydrogen-bond acceptors (Lipinski definition) is 3. The van der Waals surface area contributed by atoms with E-state index in [1.807, 2.05) is 6.92 Å². The van der Waals surface area contributed by atoms with Crippen LogP contribution in [0.1, 0.15) is 11.1 Å². The molecule has 0 aromatic heterocycles. The third kappa shape index (κ3) is 4.50. The Morgan fingerprint density at radius 2 is 1.48 bits per heavy atom. The highest BCUT2D eigenvalue weighted by molar-refractivity contribution is 7.89. The highest BCUT2D eigenvalue weighted by Crippen LogP contribution is 2.23. The Morgan fingerprint density at radius 1 is 0.960 bits per heavy atom. The van der Waals surface area contributed by atoms with Crippen LogP contribution in [-0.2, 0) is 10.0 Å². The topological polar surface area (TPSA) is 78.5 Å². The van der Waals surface area contributed by atoms with Crippen LogP contribution < -0.4 is 10.6 Å². The van der Waals surface area contributed by atoms with E-state index in [0.717, 1.165) is 9.87 Å². The molecule has 8 heteroatoms. The van der Waals surface area contributed by atoms with Gasteiger partial charge in [0.25, 0.3) is 0 Å². The Kier molecular flexibility index (Phi) is 5.72.